The van der Waals surface area contributed by atoms with E-state index in [1.165, 1.54) is 5.56 Å². The Morgan fingerprint density at radius 2 is 1.90 bits per heavy atom. The third kappa shape index (κ3) is 4.94. The van der Waals surface area contributed by atoms with Crippen LogP contribution in [0.3, 0.4) is 0 Å². The summed E-state index contributed by atoms with van der Waals surface area (Å²) < 4.78 is 7.32. The van der Waals surface area contributed by atoms with Gasteiger partial charge in [-0.15, -0.1) is 0 Å². The topological polar surface area (TPSA) is 73.2 Å². The van der Waals surface area contributed by atoms with Crippen LogP contribution in [0, 0.1) is 0 Å². The van der Waals surface area contributed by atoms with E-state index in [4.69, 9.17) is 4.74 Å². The van der Waals surface area contributed by atoms with E-state index in [2.05, 4.69) is 22.4 Å². The van der Waals surface area contributed by atoms with Crippen molar-refractivity contribution in [3.63, 3.8) is 0 Å². The van der Waals surface area contributed by atoms with Crippen LogP contribution in [-0.4, -0.2) is 34.7 Å². The van der Waals surface area contributed by atoms with Gasteiger partial charge >= 0.3 is 0 Å². The van der Waals surface area contributed by atoms with Gasteiger partial charge in [0.1, 0.15) is 5.69 Å². The van der Waals surface area contributed by atoms with Crippen molar-refractivity contribution in [2.45, 2.75) is 44.8 Å². The molecule has 1 atom stereocenters. The number of hydrogen-bond donors (Lipinski definition) is 1. The second-order valence-electron chi connectivity index (χ2n) is 7.68. The summed E-state index contributed by atoms with van der Waals surface area (Å²) in [6.07, 6.45) is 3.47. The van der Waals surface area contributed by atoms with Crippen molar-refractivity contribution in [3.05, 3.63) is 76.2 Å². The van der Waals surface area contributed by atoms with Crippen molar-refractivity contribution in [3.8, 4) is 0 Å². The molecule has 4 rings (SSSR count). The molecule has 0 spiro atoms. The Hall–Kier alpha value is -2.99. The maximum absolute atomic E-state index is 13.1. The molecular formula is C24H27N3O3. The lowest BCUT2D eigenvalue weighted by Crippen LogP contribution is -2.33. The molecule has 2 aromatic carbocycles. The van der Waals surface area contributed by atoms with Crippen LogP contribution in [0.5, 0.6) is 0 Å². The quantitative estimate of drug-likeness (QED) is 0.625. The highest BCUT2D eigenvalue weighted by Gasteiger charge is 2.17. The number of aromatic nitrogens is 2. The molecule has 0 radical (unpaired) electrons. The first-order valence-corrected chi connectivity index (χ1v) is 10.6. The van der Waals surface area contributed by atoms with Gasteiger partial charge < -0.3 is 14.6 Å². The van der Waals surface area contributed by atoms with Gasteiger partial charge in [-0.25, -0.2) is 4.98 Å². The molecule has 1 aromatic heterocycles. The monoisotopic (exact) mass is 405 g/mol. The van der Waals surface area contributed by atoms with E-state index in [9.17, 15) is 9.59 Å². The van der Waals surface area contributed by atoms with Gasteiger partial charge in [-0.05, 0) is 37.0 Å². The summed E-state index contributed by atoms with van der Waals surface area (Å²) in [6.45, 7) is 1.87. The zero-order valence-corrected chi connectivity index (χ0v) is 17.0. The molecule has 1 amide bonds. The minimum absolute atomic E-state index is 0.0734. The third-order valence-electron chi connectivity index (χ3n) is 5.53. The van der Waals surface area contributed by atoms with Gasteiger partial charge in [0.05, 0.1) is 17.1 Å². The van der Waals surface area contributed by atoms with Crippen molar-refractivity contribution in [2.24, 2.45) is 0 Å². The number of ether oxygens (including phenoxy) is 1. The van der Waals surface area contributed by atoms with Crippen molar-refractivity contribution in [2.75, 3.05) is 13.2 Å². The maximum Gasteiger partial charge on any atom is 0.272 e. The lowest BCUT2D eigenvalue weighted by atomic mass is 10.1. The minimum atomic E-state index is -0.114. The molecule has 1 N–H and O–H groups in total. The summed E-state index contributed by atoms with van der Waals surface area (Å²) in [7, 11) is 0. The Bertz CT molecular complexity index is 1060. The summed E-state index contributed by atoms with van der Waals surface area (Å²) >= 11 is 0. The zero-order chi connectivity index (χ0) is 20.8. The Kier molecular flexibility index (Phi) is 6.54. The molecule has 0 saturated carbocycles. The Balaban J connectivity index is 1.48. The van der Waals surface area contributed by atoms with E-state index < -0.39 is 0 Å². The van der Waals surface area contributed by atoms with Gasteiger partial charge in [0.2, 0.25) is 5.91 Å². The summed E-state index contributed by atoms with van der Waals surface area (Å²) in [5.41, 5.74) is 3.11. The van der Waals surface area contributed by atoms with E-state index in [1.807, 2.05) is 42.5 Å². The van der Waals surface area contributed by atoms with E-state index in [0.717, 1.165) is 36.9 Å². The number of hydrogen-bond acceptors (Lipinski definition) is 4. The van der Waals surface area contributed by atoms with Gasteiger partial charge in [0.15, 0.2) is 0 Å². The number of amides is 1. The van der Waals surface area contributed by atoms with Gasteiger partial charge in [-0.2, -0.15) is 0 Å². The highest BCUT2D eigenvalue weighted by Crippen LogP contribution is 2.13. The van der Waals surface area contributed by atoms with Crippen LogP contribution in [-0.2, 0) is 28.9 Å². The van der Waals surface area contributed by atoms with E-state index in [-0.39, 0.29) is 24.0 Å². The number of rotatable bonds is 8. The van der Waals surface area contributed by atoms with Crippen LogP contribution in [0.25, 0.3) is 11.0 Å². The number of para-hydroxylation sites is 2. The number of nitrogens with zero attached hydrogens (tertiary/aromatic N) is 2. The predicted molar refractivity (Wildman–Crippen MR) is 116 cm³/mol. The average molecular weight is 405 g/mol. The lowest BCUT2D eigenvalue weighted by Gasteiger charge is -2.13. The second kappa shape index (κ2) is 9.67. The first kappa shape index (κ1) is 20.3. The number of aryl methyl sites for hydroxylation is 3. The van der Waals surface area contributed by atoms with Crippen molar-refractivity contribution >= 4 is 16.9 Å². The largest absolute Gasteiger partial charge is 0.376 e. The van der Waals surface area contributed by atoms with Gasteiger partial charge in [-0.3, -0.25) is 9.59 Å². The standard InChI is InChI=1S/C24H27N3O3/c28-23(25-17-19-9-6-16-30-19)13-12-21-24(29)27(15-14-18-7-2-1-3-8-18)22-11-5-4-10-20(22)26-21/h1-5,7-8,10-11,19H,6,9,12-17H2,(H,25,28). The first-order chi connectivity index (χ1) is 14.7. The number of carbonyl (C=O) groups excluding carboxylic acids is 1. The molecule has 0 bridgehead atoms. The Morgan fingerprint density at radius 3 is 2.70 bits per heavy atom. The molecule has 30 heavy (non-hydrogen) atoms. The number of benzene rings is 2. The molecule has 6 nitrogen and oxygen atoms in total. The highest BCUT2D eigenvalue weighted by molar-refractivity contribution is 5.77. The Morgan fingerprint density at radius 1 is 1.10 bits per heavy atom. The van der Waals surface area contributed by atoms with Crippen molar-refractivity contribution in [1.82, 2.24) is 14.9 Å². The van der Waals surface area contributed by atoms with Crippen LogP contribution in [0.2, 0.25) is 0 Å². The third-order valence-corrected chi connectivity index (χ3v) is 5.53. The molecule has 0 aliphatic carbocycles. The summed E-state index contributed by atoms with van der Waals surface area (Å²) in [5, 5.41) is 2.91. The minimum Gasteiger partial charge on any atom is -0.376 e. The fourth-order valence-corrected chi connectivity index (χ4v) is 3.87. The first-order valence-electron chi connectivity index (χ1n) is 10.6. The molecule has 3 aromatic rings. The SMILES string of the molecule is O=C(CCc1nc2ccccc2n(CCc2ccccc2)c1=O)NCC1CCCO1. The summed E-state index contributed by atoms with van der Waals surface area (Å²) in [6, 6.07) is 17.8. The average Bonchev–Trinajstić information content (AvgIpc) is 3.30. The summed E-state index contributed by atoms with van der Waals surface area (Å²) in [4.78, 5) is 29.9. The number of nitrogens with one attached hydrogen (secondary N) is 1. The van der Waals surface area contributed by atoms with E-state index in [1.54, 1.807) is 4.57 Å². The smallest absolute Gasteiger partial charge is 0.272 e. The van der Waals surface area contributed by atoms with Gasteiger partial charge in [0, 0.05) is 32.5 Å². The van der Waals surface area contributed by atoms with Crippen LogP contribution in [0.15, 0.2) is 59.4 Å². The zero-order valence-electron chi connectivity index (χ0n) is 17.0. The summed E-state index contributed by atoms with van der Waals surface area (Å²) in [5.74, 6) is -0.0734. The normalized spacial score (nSPS) is 16.1. The molecule has 1 unspecified atom stereocenters. The number of fused-ring (bicyclic) bond motifs is 1. The van der Waals surface area contributed by atoms with Gasteiger partial charge in [-0.1, -0.05) is 42.5 Å². The van der Waals surface area contributed by atoms with Crippen LogP contribution >= 0.6 is 0 Å². The molecule has 2 heterocycles. The Labute approximate surface area is 175 Å². The van der Waals surface area contributed by atoms with Gasteiger partial charge in [0.25, 0.3) is 5.56 Å². The molecule has 1 aliphatic rings. The molecule has 6 heteroatoms. The molecule has 1 saturated heterocycles. The maximum atomic E-state index is 13.1. The van der Waals surface area contributed by atoms with E-state index in [0.29, 0.717) is 25.2 Å². The molecular weight excluding hydrogens is 378 g/mol. The molecule has 156 valence electrons. The fourth-order valence-electron chi connectivity index (χ4n) is 3.87. The highest BCUT2D eigenvalue weighted by atomic mass is 16.5. The van der Waals surface area contributed by atoms with Crippen LogP contribution in [0.1, 0.15) is 30.5 Å². The van der Waals surface area contributed by atoms with Crippen molar-refractivity contribution in [1.29, 1.82) is 0 Å². The fraction of sp³-hybridized carbons (Fsp3) is 0.375. The molecule has 1 aliphatic heterocycles. The van der Waals surface area contributed by atoms with Crippen LogP contribution in [0.4, 0.5) is 0 Å². The second-order valence-corrected chi connectivity index (χ2v) is 7.68. The van der Waals surface area contributed by atoms with Crippen LogP contribution < -0.4 is 10.9 Å². The predicted octanol–water partition coefficient (Wildman–Crippen LogP) is 2.87. The lowest BCUT2D eigenvalue weighted by molar-refractivity contribution is -0.121. The van der Waals surface area contributed by atoms with E-state index >= 15 is 0 Å². The number of carbonyl (C=O) groups is 1. The van der Waals surface area contributed by atoms with Crippen molar-refractivity contribution < 1.29 is 9.53 Å². The molecule has 1 fully saturated rings.